The molecule has 188 valence electrons. The van der Waals surface area contributed by atoms with Gasteiger partial charge < -0.3 is 14.2 Å². The first-order valence-electron chi connectivity index (χ1n) is 12.9. The minimum absolute atomic E-state index is 0. The van der Waals surface area contributed by atoms with E-state index in [1.165, 1.54) is 0 Å². The molecule has 0 unspecified atom stereocenters. The predicted molar refractivity (Wildman–Crippen MR) is 156 cm³/mol. The first kappa shape index (κ1) is 28.0. The Morgan fingerprint density at radius 1 is 0.561 bits per heavy atom. The summed E-state index contributed by atoms with van der Waals surface area (Å²) < 4.78 is 8.73. The van der Waals surface area contributed by atoms with Crippen LogP contribution in [0.25, 0.3) is 38.6 Å². The van der Waals surface area contributed by atoms with Crippen LogP contribution < -0.4 is 9.64 Å². The van der Waals surface area contributed by atoms with Crippen molar-refractivity contribution < 1.29 is 67.0 Å². The maximum Gasteiger partial charge on any atom is 2.00 e. The Balaban J connectivity index is 0.00000151. The summed E-state index contributed by atoms with van der Waals surface area (Å²) in [7, 11) is 0. The monoisotopic (exact) mass is 972 g/mol. The fourth-order valence-electron chi connectivity index (χ4n) is 5.50. The summed E-state index contributed by atoms with van der Waals surface area (Å²) in [6.07, 6.45) is 0. The molecule has 3 nitrogen and oxygen atoms in total. The zero-order valence-corrected chi connectivity index (χ0v) is 30.2. The number of hydrogen-bond donors (Lipinski definition) is 0. The van der Waals surface area contributed by atoms with Gasteiger partial charge in [-0.1, -0.05) is 23.7 Å². The van der Waals surface area contributed by atoms with E-state index in [1.54, 1.807) is 0 Å². The number of ether oxygens (including phenoxy) is 1. The smallest absolute Gasteiger partial charge is 0.513 e. The number of nitrogens with zero attached hydrogens (tertiary/aromatic N) is 2. The molecule has 1 aromatic heterocycles. The summed E-state index contributed by atoms with van der Waals surface area (Å²) in [5.74, 6) is 1.58. The molecular formula is C36H20N2OU2. The molecule has 6 aromatic carbocycles. The van der Waals surface area contributed by atoms with Crippen LogP contribution in [0.1, 0.15) is 0 Å². The summed E-state index contributed by atoms with van der Waals surface area (Å²) in [5.41, 5.74) is 8.04. The van der Waals surface area contributed by atoms with Crippen molar-refractivity contribution in [2.45, 2.75) is 0 Å². The first-order valence-corrected chi connectivity index (χ1v) is 12.9. The van der Waals surface area contributed by atoms with E-state index >= 15 is 0 Å². The van der Waals surface area contributed by atoms with E-state index in [0.717, 1.165) is 67.2 Å². The van der Waals surface area contributed by atoms with E-state index in [4.69, 9.17) is 4.74 Å². The second-order valence-electron chi connectivity index (χ2n) is 9.50. The maximum atomic E-state index is 6.51. The van der Waals surface area contributed by atoms with Gasteiger partial charge in [-0.15, -0.1) is 29.7 Å². The summed E-state index contributed by atoms with van der Waals surface area (Å²) in [6.45, 7) is 0. The summed E-state index contributed by atoms with van der Waals surface area (Å²) >= 11 is 0. The summed E-state index contributed by atoms with van der Waals surface area (Å²) in [4.78, 5) is 2.25. The Bertz CT molecular complexity index is 1980. The van der Waals surface area contributed by atoms with Gasteiger partial charge in [0, 0.05) is 23.2 Å². The van der Waals surface area contributed by atoms with Crippen LogP contribution in [0.15, 0.2) is 121 Å². The molecule has 0 spiro atoms. The number of para-hydroxylation sites is 3. The van der Waals surface area contributed by atoms with Crippen molar-refractivity contribution in [1.29, 1.82) is 0 Å². The minimum atomic E-state index is 0. The van der Waals surface area contributed by atoms with Gasteiger partial charge in [0.1, 0.15) is 5.75 Å². The van der Waals surface area contributed by atoms with E-state index in [0.29, 0.717) is 0 Å². The molecule has 1 aliphatic heterocycles. The molecule has 0 aliphatic carbocycles. The molecule has 1 aliphatic rings. The largest absolute Gasteiger partial charge is 2.00 e. The van der Waals surface area contributed by atoms with Crippen LogP contribution in [0.4, 0.5) is 17.1 Å². The average Bonchev–Trinajstić information content (AvgIpc) is 3.34. The molecule has 0 saturated carbocycles. The molecular weight excluding hydrogens is 952 g/mol. The molecule has 0 saturated heterocycles. The van der Waals surface area contributed by atoms with Gasteiger partial charge in [-0.2, -0.15) is 78.9 Å². The molecule has 41 heavy (non-hydrogen) atoms. The van der Waals surface area contributed by atoms with Crippen LogP contribution in [-0.2, 0) is 0 Å². The number of rotatable bonds is 4. The Kier molecular flexibility index (Phi) is 7.91. The topological polar surface area (TPSA) is 17.4 Å². The van der Waals surface area contributed by atoms with Gasteiger partial charge in [0.05, 0.1) is 5.52 Å². The maximum absolute atomic E-state index is 6.51. The fraction of sp³-hybridized carbons (Fsp3) is 0. The molecule has 0 radical (unpaired) electrons. The zero-order chi connectivity index (χ0) is 25.8. The van der Waals surface area contributed by atoms with Crippen molar-refractivity contribution in [2.75, 3.05) is 4.90 Å². The van der Waals surface area contributed by atoms with Crippen LogP contribution in [0, 0.1) is 86.5 Å². The van der Waals surface area contributed by atoms with E-state index in [-0.39, 0.29) is 62.2 Å². The Hall–Kier alpha value is -3.18. The minimum Gasteiger partial charge on any atom is -0.513 e. The van der Waals surface area contributed by atoms with E-state index in [9.17, 15) is 0 Å². The van der Waals surface area contributed by atoms with Crippen molar-refractivity contribution in [3.8, 4) is 28.3 Å². The summed E-state index contributed by atoms with van der Waals surface area (Å²) in [6, 6.07) is 54.7. The average molecular weight is 973 g/mol. The number of benzene rings is 6. The zero-order valence-electron chi connectivity index (χ0n) is 21.8. The van der Waals surface area contributed by atoms with Crippen LogP contribution >= 0.6 is 0 Å². The van der Waals surface area contributed by atoms with Crippen molar-refractivity contribution in [2.24, 2.45) is 0 Å². The third kappa shape index (κ3) is 4.76. The van der Waals surface area contributed by atoms with Crippen LogP contribution in [0.5, 0.6) is 11.5 Å². The van der Waals surface area contributed by atoms with Crippen molar-refractivity contribution in [3.63, 3.8) is 0 Å². The molecule has 0 N–H and O–H groups in total. The third-order valence-electron chi connectivity index (χ3n) is 7.20. The van der Waals surface area contributed by atoms with E-state index in [2.05, 4.69) is 94.4 Å². The molecule has 8 rings (SSSR count). The number of aromatic nitrogens is 1. The standard InChI is InChI=1S/C36H20N2O.2U/c1-3-11-25(12-4-1)26-19-21-28(22-20-26)37(27-13-5-2-6-14-27)29-23-31-30-15-7-8-16-32(30)38-33-17-9-10-18-34(33)39-35(24-29)36(31)38;;/h1-11,13-15,18-19,21-24H;;/q-4;2*+2. The predicted octanol–water partition coefficient (Wildman–Crippen LogP) is 9.23. The molecule has 7 aromatic rings. The second-order valence-corrected chi connectivity index (χ2v) is 9.50. The Morgan fingerprint density at radius 3 is 2.15 bits per heavy atom. The van der Waals surface area contributed by atoms with Gasteiger partial charge in [0.15, 0.2) is 0 Å². The van der Waals surface area contributed by atoms with Crippen LogP contribution in [-0.4, -0.2) is 4.57 Å². The van der Waals surface area contributed by atoms with E-state index in [1.807, 2.05) is 60.7 Å². The molecule has 0 atom stereocenters. The van der Waals surface area contributed by atoms with E-state index < -0.39 is 0 Å². The first-order chi connectivity index (χ1) is 19.3. The van der Waals surface area contributed by atoms with Gasteiger partial charge >= 0.3 is 62.2 Å². The van der Waals surface area contributed by atoms with Crippen LogP contribution in [0.2, 0.25) is 0 Å². The van der Waals surface area contributed by atoms with Crippen molar-refractivity contribution in [1.82, 2.24) is 4.57 Å². The summed E-state index contributed by atoms with van der Waals surface area (Å²) in [5, 5.41) is 2.23. The van der Waals surface area contributed by atoms with Crippen LogP contribution in [0.3, 0.4) is 0 Å². The number of anilines is 3. The van der Waals surface area contributed by atoms with Gasteiger partial charge in [-0.25, -0.2) is 11.1 Å². The Labute approximate surface area is 286 Å². The third-order valence-corrected chi connectivity index (χ3v) is 7.20. The molecule has 0 bridgehead atoms. The fourth-order valence-corrected chi connectivity index (χ4v) is 5.50. The molecule has 5 heteroatoms. The number of fused-ring (bicyclic) bond motifs is 5. The second kappa shape index (κ2) is 11.6. The number of hydrogen-bond acceptors (Lipinski definition) is 2. The SMILES string of the molecule is [U+2].[U+2].[c-]1ccccc1-c1[c-]cc(N(c2ccccc2)c2cc3c4c(c2)c2ccc[c-]c2n4-c2[c-]cccc2O3)cc1. The molecule has 0 fully saturated rings. The normalized spacial score (nSPS) is 11.2. The molecule has 2 heterocycles. The molecule has 0 amide bonds. The van der Waals surface area contributed by atoms with Gasteiger partial charge in [0.2, 0.25) is 0 Å². The van der Waals surface area contributed by atoms with Gasteiger partial charge in [0.25, 0.3) is 0 Å². The van der Waals surface area contributed by atoms with Gasteiger partial charge in [-0.05, 0) is 35.0 Å². The van der Waals surface area contributed by atoms with Gasteiger partial charge in [-0.3, -0.25) is 0 Å². The van der Waals surface area contributed by atoms with Crippen molar-refractivity contribution >= 4 is 38.9 Å². The Morgan fingerprint density at radius 2 is 1.34 bits per heavy atom. The quantitative estimate of drug-likeness (QED) is 0.164. The van der Waals surface area contributed by atoms with Crippen molar-refractivity contribution in [3.05, 3.63) is 146 Å².